The molecule has 1 atom stereocenters. The minimum atomic E-state index is -0.375. The number of ether oxygens (including phenoxy) is 2. The van der Waals surface area contributed by atoms with Crippen LogP contribution in [0.3, 0.4) is 0 Å². The lowest BCUT2D eigenvalue weighted by Gasteiger charge is -2.25. The third-order valence-electron chi connectivity index (χ3n) is 6.64. The molecule has 0 aliphatic carbocycles. The number of rotatable bonds is 6. The molecule has 0 radical (unpaired) electrons. The third kappa shape index (κ3) is 3.58. The van der Waals surface area contributed by atoms with E-state index in [9.17, 15) is 10.1 Å². The molecular formula is C25H27N5O4. The minimum Gasteiger partial charge on any atom is -0.497 e. The van der Waals surface area contributed by atoms with Crippen molar-refractivity contribution in [1.29, 1.82) is 0 Å². The Morgan fingerprint density at radius 3 is 2.71 bits per heavy atom. The number of benzene rings is 2. The van der Waals surface area contributed by atoms with Gasteiger partial charge in [0.15, 0.2) is 0 Å². The van der Waals surface area contributed by atoms with E-state index in [4.69, 9.17) is 9.47 Å². The van der Waals surface area contributed by atoms with Gasteiger partial charge in [0.25, 0.3) is 0 Å². The van der Waals surface area contributed by atoms with Crippen molar-refractivity contribution in [3.8, 4) is 11.5 Å². The SMILES string of the molecule is COc1ccc2[nH]c3c(c2c1)CCNC3c1ccc(OC)c(Cn2nc(C)c([N+](=O)[O-])c2C)c1. The molecule has 2 N–H and O–H groups in total. The van der Waals surface area contributed by atoms with E-state index >= 15 is 0 Å². The smallest absolute Gasteiger partial charge is 0.312 e. The van der Waals surface area contributed by atoms with Crippen molar-refractivity contribution < 1.29 is 14.4 Å². The maximum Gasteiger partial charge on any atom is 0.312 e. The Kier molecular flexibility index (Phi) is 5.49. The second kappa shape index (κ2) is 8.49. The molecule has 176 valence electrons. The van der Waals surface area contributed by atoms with Gasteiger partial charge in [0.1, 0.15) is 22.9 Å². The predicted octanol–water partition coefficient (Wildman–Crippen LogP) is 4.19. The lowest BCUT2D eigenvalue weighted by Crippen LogP contribution is -2.30. The van der Waals surface area contributed by atoms with Gasteiger partial charge in [-0.1, -0.05) is 6.07 Å². The lowest BCUT2D eigenvalue weighted by molar-refractivity contribution is -0.386. The molecular weight excluding hydrogens is 434 g/mol. The molecule has 9 nitrogen and oxygen atoms in total. The fourth-order valence-corrected chi connectivity index (χ4v) is 4.99. The molecule has 9 heteroatoms. The largest absolute Gasteiger partial charge is 0.497 e. The standard InChI is InChI=1S/C25H27N5O4/c1-14-25(30(31)32)15(2)29(28-14)13-17-11-16(5-8-22(17)34-4)23-24-19(9-10-26-23)20-12-18(33-3)6-7-21(20)27-24/h5-8,11-12,23,26-27H,9-10,13H2,1-4H3. The predicted molar refractivity (Wildman–Crippen MR) is 129 cm³/mol. The first-order valence-electron chi connectivity index (χ1n) is 11.2. The van der Waals surface area contributed by atoms with E-state index in [1.54, 1.807) is 32.7 Å². The highest BCUT2D eigenvalue weighted by Crippen LogP contribution is 2.36. The van der Waals surface area contributed by atoms with E-state index in [2.05, 4.69) is 39.7 Å². The molecule has 3 heterocycles. The van der Waals surface area contributed by atoms with Gasteiger partial charge in [-0.25, -0.2) is 0 Å². The van der Waals surface area contributed by atoms with Crippen LogP contribution in [0.2, 0.25) is 0 Å². The molecule has 1 aliphatic heterocycles. The lowest BCUT2D eigenvalue weighted by atomic mass is 9.93. The molecule has 4 aromatic rings. The van der Waals surface area contributed by atoms with Crippen LogP contribution in [0.4, 0.5) is 5.69 Å². The fraction of sp³-hybridized carbons (Fsp3) is 0.320. The minimum absolute atomic E-state index is 0.0124. The summed E-state index contributed by atoms with van der Waals surface area (Å²) in [4.78, 5) is 14.7. The van der Waals surface area contributed by atoms with Crippen LogP contribution >= 0.6 is 0 Å². The molecule has 1 aliphatic rings. The molecule has 0 saturated carbocycles. The number of H-pyrrole nitrogens is 1. The number of hydrogen-bond donors (Lipinski definition) is 2. The summed E-state index contributed by atoms with van der Waals surface area (Å²) in [5, 5.41) is 20.7. The van der Waals surface area contributed by atoms with Gasteiger partial charge in [-0.15, -0.1) is 0 Å². The normalized spacial score (nSPS) is 15.4. The zero-order chi connectivity index (χ0) is 24.0. The molecule has 2 aromatic carbocycles. The Labute approximate surface area is 196 Å². The fourth-order valence-electron chi connectivity index (χ4n) is 4.99. The second-order valence-electron chi connectivity index (χ2n) is 8.57. The summed E-state index contributed by atoms with van der Waals surface area (Å²) < 4.78 is 12.7. The first-order chi connectivity index (χ1) is 16.4. The summed E-state index contributed by atoms with van der Waals surface area (Å²) in [6, 6.07) is 12.2. The molecule has 2 aromatic heterocycles. The summed E-state index contributed by atoms with van der Waals surface area (Å²) in [6.45, 7) is 4.61. The summed E-state index contributed by atoms with van der Waals surface area (Å²) >= 11 is 0. The molecule has 0 amide bonds. The van der Waals surface area contributed by atoms with E-state index in [0.29, 0.717) is 17.9 Å². The summed E-state index contributed by atoms with van der Waals surface area (Å²) in [7, 11) is 3.31. The number of nitrogens with zero attached hydrogens (tertiary/aromatic N) is 3. The molecule has 34 heavy (non-hydrogen) atoms. The van der Waals surface area contributed by atoms with Gasteiger partial charge in [0.2, 0.25) is 0 Å². The van der Waals surface area contributed by atoms with Gasteiger partial charge in [-0.3, -0.25) is 14.8 Å². The van der Waals surface area contributed by atoms with Gasteiger partial charge >= 0.3 is 5.69 Å². The van der Waals surface area contributed by atoms with Crippen molar-refractivity contribution in [2.75, 3.05) is 20.8 Å². The Hall–Kier alpha value is -3.85. The molecule has 5 rings (SSSR count). The van der Waals surface area contributed by atoms with E-state index in [0.717, 1.165) is 46.8 Å². The molecule has 0 spiro atoms. The van der Waals surface area contributed by atoms with Crippen molar-refractivity contribution in [3.05, 3.63) is 80.3 Å². The van der Waals surface area contributed by atoms with Crippen LogP contribution in [-0.4, -0.2) is 40.5 Å². The number of aromatic amines is 1. The highest BCUT2D eigenvalue weighted by Gasteiger charge is 2.27. The number of aryl methyl sites for hydroxylation is 1. The number of aromatic nitrogens is 3. The highest BCUT2D eigenvalue weighted by atomic mass is 16.6. The van der Waals surface area contributed by atoms with Crippen LogP contribution in [0, 0.1) is 24.0 Å². The van der Waals surface area contributed by atoms with Crippen LogP contribution in [0.15, 0.2) is 36.4 Å². The Morgan fingerprint density at radius 1 is 1.18 bits per heavy atom. The zero-order valence-corrected chi connectivity index (χ0v) is 19.6. The monoisotopic (exact) mass is 461 g/mol. The number of nitro groups is 1. The van der Waals surface area contributed by atoms with E-state index < -0.39 is 0 Å². The van der Waals surface area contributed by atoms with Gasteiger partial charge in [-0.2, -0.15) is 5.10 Å². The van der Waals surface area contributed by atoms with Crippen molar-refractivity contribution in [2.24, 2.45) is 0 Å². The van der Waals surface area contributed by atoms with Gasteiger partial charge in [0.05, 0.1) is 31.7 Å². The van der Waals surface area contributed by atoms with Gasteiger partial charge < -0.3 is 19.8 Å². The molecule has 1 unspecified atom stereocenters. The third-order valence-corrected chi connectivity index (χ3v) is 6.64. The summed E-state index contributed by atoms with van der Waals surface area (Å²) in [6.07, 6.45) is 0.928. The first-order valence-corrected chi connectivity index (χ1v) is 11.2. The van der Waals surface area contributed by atoms with E-state index in [1.807, 2.05) is 12.1 Å². The number of fused-ring (bicyclic) bond motifs is 3. The average molecular weight is 462 g/mol. The number of methoxy groups -OCH3 is 2. The second-order valence-corrected chi connectivity index (χ2v) is 8.57. The van der Waals surface area contributed by atoms with Gasteiger partial charge in [0, 0.05) is 28.7 Å². The Morgan fingerprint density at radius 2 is 2.00 bits per heavy atom. The maximum absolute atomic E-state index is 11.4. The topological polar surface area (TPSA) is 107 Å². The number of nitrogens with one attached hydrogen (secondary N) is 2. The van der Waals surface area contributed by atoms with Crippen LogP contribution in [0.25, 0.3) is 10.9 Å². The quantitative estimate of drug-likeness (QED) is 0.329. The van der Waals surface area contributed by atoms with Crippen molar-refractivity contribution >= 4 is 16.6 Å². The molecule has 0 bridgehead atoms. The first kappa shape index (κ1) is 22.0. The summed E-state index contributed by atoms with van der Waals surface area (Å²) in [5.74, 6) is 1.56. The van der Waals surface area contributed by atoms with Crippen LogP contribution < -0.4 is 14.8 Å². The summed E-state index contributed by atoms with van der Waals surface area (Å²) in [5.41, 5.74) is 6.52. The molecule has 0 fully saturated rings. The van der Waals surface area contributed by atoms with Crippen LogP contribution in [0.5, 0.6) is 11.5 Å². The maximum atomic E-state index is 11.4. The Balaban J connectivity index is 1.55. The van der Waals surface area contributed by atoms with Crippen LogP contribution in [-0.2, 0) is 13.0 Å². The van der Waals surface area contributed by atoms with E-state index in [1.165, 1.54) is 10.9 Å². The van der Waals surface area contributed by atoms with Crippen LogP contribution in [0.1, 0.15) is 39.8 Å². The number of hydrogen-bond acceptors (Lipinski definition) is 6. The zero-order valence-electron chi connectivity index (χ0n) is 19.6. The molecule has 0 saturated heterocycles. The van der Waals surface area contributed by atoms with Crippen molar-refractivity contribution in [1.82, 2.24) is 20.1 Å². The highest BCUT2D eigenvalue weighted by molar-refractivity contribution is 5.86. The van der Waals surface area contributed by atoms with Gasteiger partial charge in [-0.05, 0) is 61.7 Å². The average Bonchev–Trinajstić information content (AvgIpc) is 3.34. The van der Waals surface area contributed by atoms with E-state index in [-0.39, 0.29) is 16.7 Å². The Bertz CT molecular complexity index is 1400. The van der Waals surface area contributed by atoms with Crippen molar-refractivity contribution in [3.63, 3.8) is 0 Å². The van der Waals surface area contributed by atoms with Crippen molar-refractivity contribution in [2.45, 2.75) is 32.9 Å².